The van der Waals surface area contributed by atoms with Crippen molar-refractivity contribution in [3.63, 3.8) is 0 Å². The Balaban J connectivity index is 1.90. The molecule has 0 aliphatic rings. The number of carbonyl (C=O) groups excluding carboxylic acids is 1. The fraction of sp³-hybridized carbons (Fsp3) is 0.174. The fourth-order valence-electron chi connectivity index (χ4n) is 3.02. The average molecular weight is 544 g/mol. The van der Waals surface area contributed by atoms with Crippen molar-refractivity contribution in [3.05, 3.63) is 84.3 Å². The third-order valence-corrected chi connectivity index (χ3v) is 6.21. The second-order valence-electron chi connectivity index (χ2n) is 7.63. The summed E-state index contributed by atoms with van der Waals surface area (Å²) in [6.07, 6.45) is -8.40. The molecule has 0 atom stereocenters. The summed E-state index contributed by atoms with van der Waals surface area (Å²) >= 11 is 0. The van der Waals surface area contributed by atoms with Gasteiger partial charge >= 0.3 is 12.4 Å². The average Bonchev–Trinajstić information content (AvgIpc) is 2.82. The molecular formula is C23H18F6N4O3S. The topological polar surface area (TPSA) is 101 Å². The van der Waals surface area contributed by atoms with Crippen molar-refractivity contribution < 1.29 is 39.6 Å². The predicted octanol–water partition coefficient (Wildman–Crippen LogP) is 5.55. The van der Waals surface area contributed by atoms with Gasteiger partial charge in [-0.3, -0.25) is 9.52 Å². The Morgan fingerprint density at radius 1 is 0.946 bits per heavy atom. The highest BCUT2D eigenvalue weighted by Gasteiger charge is 2.32. The van der Waals surface area contributed by atoms with Crippen LogP contribution in [-0.2, 0) is 16.2 Å². The van der Waals surface area contributed by atoms with Crippen LogP contribution in [0, 0.1) is 0 Å². The van der Waals surface area contributed by atoms with E-state index < -0.39 is 57.9 Å². The van der Waals surface area contributed by atoms with Crippen molar-refractivity contribution in [3.8, 4) is 11.4 Å². The second kappa shape index (κ2) is 10.6. The number of benzene rings is 2. The summed E-state index contributed by atoms with van der Waals surface area (Å²) in [5.74, 6) is -0.836. The van der Waals surface area contributed by atoms with Crippen LogP contribution in [0.4, 0.5) is 32.0 Å². The lowest BCUT2D eigenvalue weighted by atomic mass is 10.1. The molecule has 37 heavy (non-hydrogen) atoms. The van der Waals surface area contributed by atoms with Gasteiger partial charge in [0.2, 0.25) is 0 Å². The molecule has 7 nitrogen and oxygen atoms in total. The van der Waals surface area contributed by atoms with Crippen molar-refractivity contribution in [2.24, 2.45) is 0 Å². The van der Waals surface area contributed by atoms with Crippen LogP contribution in [0.3, 0.4) is 0 Å². The number of rotatable bonds is 8. The molecule has 0 bridgehead atoms. The van der Waals surface area contributed by atoms with Gasteiger partial charge in [0.1, 0.15) is 0 Å². The van der Waals surface area contributed by atoms with Gasteiger partial charge in [-0.2, -0.15) is 26.3 Å². The van der Waals surface area contributed by atoms with Gasteiger partial charge in [0.25, 0.3) is 15.9 Å². The van der Waals surface area contributed by atoms with Crippen molar-refractivity contribution >= 4 is 21.6 Å². The van der Waals surface area contributed by atoms with E-state index in [1.165, 1.54) is 36.7 Å². The second-order valence-corrected chi connectivity index (χ2v) is 9.32. The quantitative estimate of drug-likeness (QED) is 0.362. The smallest absolute Gasteiger partial charge is 0.326 e. The van der Waals surface area contributed by atoms with Crippen LogP contribution >= 0.6 is 0 Å². The summed E-state index contributed by atoms with van der Waals surface area (Å²) < 4.78 is 105. The molecule has 0 aliphatic carbocycles. The van der Waals surface area contributed by atoms with E-state index in [0.717, 1.165) is 0 Å². The number of hydrogen-bond donors (Lipinski definition) is 2. The predicted molar refractivity (Wildman–Crippen MR) is 122 cm³/mol. The summed E-state index contributed by atoms with van der Waals surface area (Å²) in [4.78, 5) is 20.3. The van der Waals surface area contributed by atoms with Gasteiger partial charge in [-0.1, -0.05) is 6.58 Å². The van der Waals surface area contributed by atoms with Crippen molar-refractivity contribution in [1.29, 1.82) is 0 Å². The Morgan fingerprint density at radius 3 is 2.14 bits per heavy atom. The van der Waals surface area contributed by atoms with Crippen LogP contribution in [0.15, 0.2) is 78.1 Å². The Labute approximate surface area is 207 Å². The largest absolute Gasteiger partial charge is 0.416 e. The minimum Gasteiger partial charge on any atom is -0.326 e. The maximum atomic E-state index is 13.3. The van der Waals surface area contributed by atoms with Crippen molar-refractivity contribution in [1.82, 2.24) is 15.3 Å². The third-order valence-electron chi connectivity index (χ3n) is 4.82. The van der Waals surface area contributed by atoms with Crippen LogP contribution in [0.25, 0.3) is 11.4 Å². The summed E-state index contributed by atoms with van der Waals surface area (Å²) in [6.45, 7) is 3.30. The van der Waals surface area contributed by atoms with E-state index in [1.807, 2.05) is 4.72 Å². The van der Waals surface area contributed by atoms with E-state index in [9.17, 15) is 39.6 Å². The Kier molecular flexibility index (Phi) is 7.91. The molecule has 0 unspecified atom stereocenters. The van der Waals surface area contributed by atoms with Gasteiger partial charge in [-0.05, 0) is 55.0 Å². The molecule has 0 radical (unpaired) electrons. The highest BCUT2D eigenvalue weighted by molar-refractivity contribution is 7.92. The monoisotopic (exact) mass is 544 g/mol. The fourth-order valence-corrected chi connectivity index (χ4v) is 4.09. The summed E-state index contributed by atoms with van der Waals surface area (Å²) in [5, 5.41) is 2.06. The van der Waals surface area contributed by atoms with Gasteiger partial charge in [0.15, 0.2) is 5.82 Å². The molecule has 2 N–H and O–H groups in total. The molecule has 14 heteroatoms. The Bertz CT molecular complexity index is 1390. The zero-order valence-electron chi connectivity index (χ0n) is 18.7. The number of amides is 1. The summed E-state index contributed by atoms with van der Waals surface area (Å²) in [6, 6.07) is 8.35. The number of hydrogen-bond acceptors (Lipinski definition) is 5. The number of anilines is 1. The molecule has 2 aromatic carbocycles. The first kappa shape index (κ1) is 27.6. The summed E-state index contributed by atoms with van der Waals surface area (Å²) in [7, 11) is -4.50. The normalized spacial score (nSPS) is 12.2. The lowest BCUT2D eigenvalue weighted by Crippen LogP contribution is -2.25. The van der Waals surface area contributed by atoms with Crippen LogP contribution in [0.5, 0.6) is 0 Å². The van der Waals surface area contributed by atoms with Gasteiger partial charge in [0.05, 0.1) is 21.7 Å². The summed E-state index contributed by atoms with van der Waals surface area (Å²) in [5.41, 5.74) is -2.43. The molecule has 1 heterocycles. The van der Waals surface area contributed by atoms with Crippen LogP contribution < -0.4 is 10.0 Å². The first-order valence-corrected chi connectivity index (χ1v) is 11.8. The molecule has 0 aliphatic heterocycles. The molecule has 0 spiro atoms. The molecule has 3 aromatic rings. The van der Waals surface area contributed by atoms with E-state index in [4.69, 9.17) is 0 Å². The molecule has 0 saturated carbocycles. The maximum absolute atomic E-state index is 13.3. The molecule has 1 amide bonds. The van der Waals surface area contributed by atoms with Gasteiger partial charge in [-0.25, -0.2) is 18.4 Å². The van der Waals surface area contributed by atoms with Gasteiger partial charge < -0.3 is 5.32 Å². The van der Waals surface area contributed by atoms with E-state index in [1.54, 1.807) is 6.07 Å². The van der Waals surface area contributed by atoms with Crippen LogP contribution in [-0.4, -0.2) is 30.5 Å². The SMILES string of the molecule is C=C(CCC(F)(F)F)NC(=O)c1ccc(C(F)(F)F)cc1NS(=O)(=O)c1ccc(-c2ncccn2)cc1. The van der Waals surface area contributed by atoms with Gasteiger partial charge in [-0.15, -0.1) is 0 Å². The molecule has 1 aromatic heterocycles. The highest BCUT2D eigenvalue weighted by Crippen LogP contribution is 2.33. The number of nitrogens with zero attached hydrogens (tertiary/aromatic N) is 2. The third kappa shape index (κ3) is 7.52. The molecule has 196 valence electrons. The number of alkyl halides is 6. The minimum absolute atomic E-state index is 0.307. The highest BCUT2D eigenvalue weighted by atomic mass is 32.2. The van der Waals surface area contributed by atoms with E-state index in [2.05, 4.69) is 21.9 Å². The lowest BCUT2D eigenvalue weighted by Gasteiger charge is -2.16. The maximum Gasteiger partial charge on any atom is 0.416 e. The zero-order chi connectivity index (χ0) is 27.4. The zero-order valence-corrected chi connectivity index (χ0v) is 19.5. The number of aromatic nitrogens is 2. The number of sulfonamides is 1. The minimum atomic E-state index is -4.87. The molecule has 3 rings (SSSR count). The number of allylic oxidation sites excluding steroid dienone is 1. The first-order valence-electron chi connectivity index (χ1n) is 10.3. The number of carbonyl (C=O) groups is 1. The van der Waals surface area contributed by atoms with E-state index in [-0.39, 0.29) is 10.6 Å². The molecular weight excluding hydrogens is 526 g/mol. The van der Waals surface area contributed by atoms with E-state index >= 15 is 0 Å². The first-order chi connectivity index (χ1) is 17.2. The molecule has 0 saturated heterocycles. The lowest BCUT2D eigenvalue weighted by molar-refractivity contribution is -0.137. The Morgan fingerprint density at radius 2 is 1.57 bits per heavy atom. The van der Waals surface area contributed by atoms with Crippen molar-refractivity contribution in [2.75, 3.05) is 4.72 Å². The van der Waals surface area contributed by atoms with Crippen LogP contribution in [0.2, 0.25) is 0 Å². The standard InChI is InChI=1S/C23H18F6N4O3S/c1-14(9-10-22(24,25)26)32-21(34)18-8-5-16(23(27,28)29)13-19(18)33-37(35,36)17-6-3-15(4-7-17)20-30-11-2-12-31-20/h2-8,11-13,33H,1,9-10H2,(H,32,34). The number of halogens is 6. The molecule has 0 fully saturated rings. The van der Waals surface area contributed by atoms with Gasteiger partial charge in [0, 0.05) is 30.1 Å². The Hall–Kier alpha value is -3.94. The van der Waals surface area contributed by atoms with Crippen LogP contribution in [0.1, 0.15) is 28.8 Å². The van der Waals surface area contributed by atoms with Crippen molar-refractivity contribution in [2.45, 2.75) is 30.1 Å². The number of nitrogens with one attached hydrogen (secondary N) is 2. The van der Waals surface area contributed by atoms with E-state index in [0.29, 0.717) is 29.6 Å².